The van der Waals surface area contributed by atoms with E-state index in [1.807, 2.05) is 12.2 Å². The van der Waals surface area contributed by atoms with Crippen molar-refractivity contribution in [1.29, 1.82) is 0 Å². The third-order valence-corrected chi connectivity index (χ3v) is 2.86. The maximum atomic E-state index is 12.2. The summed E-state index contributed by atoms with van der Waals surface area (Å²) in [5.74, 6) is -13.6. The van der Waals surface area contributed by atoms with Crippen LogP contribution >= 0.6 is 0 Å². The SMILES string of the molecule is C=CCNCC=C.O=S(=O)(O)C(F)(F)C(F)(F)C(F)(F)C(F)F. The standard InChI is InChI=1S/C6H11N.C4H2F8O3S/c1-3-5-7-6-4-2;5-1(6)2(7,8)3(9,10)4(11,12)16(13,14)15/h3-4,7H,1-2,5-6H2;1H,(H,13,14,15). The molecule has 4 nitrogen and oxygen atoms in total. The summed E-state index contributed by atoms with van der Waals surface area (Å²) in [4.78, 5) is 0. The van der Waals surface area contributed by atoms with E-state index in [0.29, 0.717) is 0 Å². The highest BCUT2D eigenvalue weighted by atomic mass is 32.2. The molecule has 13 heteroatoms. The molecule has 0 aliphatic carbocycles. The smallest absolute Gasteiger partial charge is 0.310 e. The molecular formula is C10H13F8NO3S. The van der Waals surface area contributed by atoms with E-state index in [-0.39, 0.29) is 0 Å². The number of rotatable bonds is 8. The summed E-state index contributed by atoms with van der Waals surface area (Å²) in [6, 6.07) is 0. The van der Waals surface area contributed by atoms with Crippen molar-refractivity contribution in [3.8, 4) is 0 Å². The van der Waals surface area contributed by atoms with Gasteiger partial charge < -0.3 is 5.32 Å². The number of alkyl halides is 8. The van der Waals surface area contributed by atoms with Crippen molar-refractivity contribution in [2.45, 2.75) is 23.5 Å². The third kappa shape index (κ3) is 5.73. The van der Waals surface area contributed by atoms with Crippen LogP contribution in [-0.2, 0) is 10.1 Å². The van der Waals surface area contributed by atoms with Gasteiger partial charge in [-0.05, 0) is 0 Å². The Labute approximate surface area is 126 Å². The van der Waals surface area contributed by atoms with Crippen LogP contribution in [0.2, 0.25) is 0 Å². The van der Waals surface area contributed by atoms with Gasteiger partial charge in [0.2, 0.25) is 0 Å². The molecule has 23 heavy (non-hydrogen) atoms. The second-order valence-corrected chi connectivity index (χ2v) is 5.19. The van der Waals surface area contributed by atoms with Crippen molar-refractivity contribution in [3.63, 3.8) is 0 Å². The molecule has 0 bridgehead atoms. The Bertz CT molecular complexity index is 484. The molecule has 0 aliphatic heterocycles. The van der Waals surface area contributed by atoms with Crippen LogP contribution in [0.5, 0.6) is 0 Å². The average Bonchev–Trinajstić information content (AvgIpc) is 2.38. The van der Waals surface area contributed by atoms with Crippen molar-refractivity contribution < 1.29 is 48.1 Å². The van der Waals surface area contributed by atoms with Crippen molar-refractivity contribution in [3.05, 3.63) is 25.3 Å². The Morgan fingerprint density at radius 1 is 1.00 bits per heavy atom. The van der Waals surface area contributed by atoms with E-state index in [1.54, 1.807) is 0 Å². The molecule has 0 amide bonds. The van der Waals surface area contributed by atoms with Crippen LogP contribution in [0.15, 0.2) is 25.3 Å². The first kappa shape index (κ1) is 24.0. The van der Waals surface area contributed by atoms with Gasteiger partial charge in [-0.1, -0.05) is 12.2 Å². The molecule has 0 radical (unpaired) electrons. The van der Waals surface area contributed by atoms with Gasteiger partial charge in [0.15, 0.2) is 0 Å². The van der Waals surface area contributed by atoms with Crippen LogP contribution in [-0.4, -0.2) is 49.6 Å². The molecule has 0 aromatic carbocycles. The summed E-state index contributed by atoms with van der Waals surface area (Å²) in [6.07, 6.45) is -1.59. The largest absolute Gasteiger partial charge is 0.438 e. The highest BCUT2D eigenvalue weighted by Gasteiger charge is 2.80. The Hall–Kier alpha value is -1.21. The number of hydrogen-bond donors (Lipinski definition) is 2. The number of halogens is 8. The van der Waals surface area contributed by atoms with Crippen molar-refractivity contribution in [2.24, 2.45) is 0 Å². The van der Waals surface area contributed by atoms with Crippen molar-refractivity contribution in [2.75, 3.05) is 13.1 Å². The quantitative estimate of drug-likeness (QED) is 0.295. The van der Waals surface area contributed by atoms with Gasteiger partial charge in [-0.25, -0.2) is 8.78 Å². The maximum absolute atomic E-state index is 12.2. The van der Waals surface area contributed by atoms with E-state index >= 15 is 0 Å². The van der Waals surface area contributed by atoms with Crippen molar-refractivity contribution in [1.82, 2.24) is 5.32 Å². The van der Waals surface area contributed by atoms with Crippen LogP contribution < -0.4 is 5.32 Å². The summed E-state index contributed by atoms with van der Waals surface area (Å²) in [5, 5.41) is -3.69. The lowest BCUT2D eigenvalue weighted by atomic mass is 10.2. The van der Waals surface area contributed by atoms with E-state index in [9.17, 15) is 43.5 Å². The first-order valence-electron chi connectivity index (χ1n) is 5.42. The van der Waals surface area contributed by atoms with E-state index in [1.165, 1.54) is 0 Å². The van der Waals surface area contributed by atoms with Gasteiger partial charge in [-0.2, -0.15) is 34.8 Å². The monoisotopic (exact) mass is 379 g/mol. The van der Waals surface area contributed by atoms with Crippen LogP contribution in [0.4, 0.5) is 35.1 Å². The Morgan fingerprint density at radius 3 is 1.57 bits per heavy atom. The topological polar surface area (TPSA) is 66.4 Å². The van der Waals surface area contributed by atoms with Crippen LogP contribution in [0.3, 0.4) is 0 Å². The van der Waals surface area contributed by atoms with Crippen LogP contribution in [0.25, 0.3) is 0 Å². The normalized spacial score (nSPS) is 13.3. The molecule has 0 aliphatic rings. The molecule has 0 aromatic rings. The average molecular weight is 379 g/mol. The molecule has 0 unspecified atom stereocenters. The zero-order valence-electron chi connectivity index (χ0n) is 11.3. The first-order chi connectivity index (χ1) is 10.1. The minimum Gasteiger partial charge on any atom is -0.310 e. The molecule has 138 valence electrons. The third-order valence-electron chi connectivity index (χ3n) is 1.96. The summed E-state index contributed by atoms with van der Waals surface area (Å²) < 4.78 is 123. The molecule has 2 N–H and O–H groups in total. The molecule has 0 fully saturated rings. The fourth-order valence-electron chi connectivity index (χ4n) is 0.780. The molecule has 0 saturated heterocycles. The lowest BCUT2D eigenvalue weighted by Crippen LogP contribution is -2.60. The zero-order chi connectivity index (χ0) is 19.1. The van der Waals surface area contributed by atoms with Crippen LogP contribution in [0, 0.1) is 0 Å². The van der Waals surface area contributed by atoms with Gasteiger partial charge in [-0.15, -0.1) is 13.2 Å². The maximum Gasteiger partial charge on any atom is 0.438 e. The van der Waals surface area contributed by atoms with E-state index in [2.05, 4.69) is 18.5 Å². The lowest BCUT2D eigenvalue weighted by Gasteiger charge is -2.29. The van der Waals surface area contributed by atoms with Gasteiger partial charge in [0.1, 0.15) is 0 Å². The van der Waals surface area contributed by atoms with Gasteiger partial charge in [0.05, 0.1) is 0 Å². The molecule has 0 rings (SSSR count). The second kappa shape index (κ2) is 8.59. The zero-order valence-corrected chi connectivity index (χ0v) is 12.1. The van der Waals surface area contributed by atoms with Gasteiger partial charge in [0, 0.05) is 13.1 Å². The summed E-state index contributed by atoms with van der Waals surface area (Å²) in [6.45, 7) is 8.81. The van der Waals surface area contributed by atoms with Gasteiger partial charge in [-0.3, -0.25) is 4.55 Å². The second-order valence-electron chi connectivity index (χ2n) is 3.73. The summed E-state index contributed by atoms with van der Waals surface area (Å²) in [7, 11) is -6.97. The van der Waals surface area contributed by atoms with Gasteiger partial charge in [0.25, 0.3) is 0 Å². The summed E-state index contributed by atoms with van der Waals surface area (Å²) >= 11 is 0. The molecule has 0 spiro atoms. The lowest BCUT2D eigenvalue weighted by molar-refractivity contribution is -0.315. The number of nitrogens with one attached hydrogen (secondary N) is 1. The van der Waals surface area contributed by atoms with E-state index in [4.69, 9.17) is 4.55 Å². The highest BCUT2D eigenvalue weighted by Crippen LogP contribution is 2.50. The van der Waals surface area contributed by atoms with E-state index in [0.717, 1.165) is 13.1 Å². The Balaban J connectivity index is 0. The molecular weight excluding hydrogens is 366 g/mol. The predicted molar refractivity (Wildman–Crippen MR) is 65.7 cm³/mol. The summed E-state index contributed by atoms with van der Waals surface area (Å²) in [5.41, 5.74) is 0. The van der Waals surface area contributed by atoms with E-state index < -0.39 is 33.6 Å². The Morgan fingerprint density at radius 2 is 1.35 bits per heavy atom. The first-order valence-corrected chi connectivity index (χ1v) is 6.86. The van der Waals surface area contributed by atoms with Crippen molar-refractivity contribution >= 4 is 10.1 Å². The minimum absolute atomic E-state index is 0.867. The fourth-order valence-corrected chi connectivity index (χ4v) is 1.24. The molecule has 0 atom stereocenters. The van der Waals surface area contributed by atoms with Gasteiger partial charge >= 0.3 is 33.6 Å². The van der Waals surface area contributed by atoms with Crippen LogP contribution in [0.1, 0.15) is 0 Å². The fraction of sp³-hybridized carbons (Fsp3) is 0.600. The molecule has 0 saturated carbocycles. The minimum atomic E-state index is -6.97. The number of hydrogen-bond acceptors (Lipinski definition) is 3. The predicted octanol–water partition coefficient (Wildman–Crippen LogP) is 2.95. The molecule has 0 heterocycles. The molecule has 0 aromatic heterocycles. The highest BCUT2D eigenvalue weighted by molar-refractivity contribution is 7.87. The Kier molecular flexibility index (Phi) is 8.98.